The zero-order valence-corrected chi connectivity index (χ0v) is 11.1. The molecule has 1 aliphatic rings. The van der Waals surface area contributed by atoms with E-state index < -0.39 is 0 Å². The van der Waals surface area contributed by atoms with Gasteiger partial charge >= 0.3 is 0 Å². The lowest BCUT2D eigenvalue weighted by atomic mass is 9.85. The van der Waals surface area contributed by atoms with Crippen LogP contribution in [0.5, 0.6) is 0 Å². The van der Waals surface area contributed by atoms with Gasteiger partial charge in [-0.15, -0.1) is 0 Å². The summed E-state index contributed by atoms with van der Waals surface area (Å²) >= 11 is 0. The van der Waals surface area contributed by atoms with Crippen LogP contribution in [0.1, 0.15) is 44.6 Å². The van der Waals surface area contributed by atoms with E-state index in [1.807, 2.05) is 12.1 Å². The van der Waals surface area contributed by atoms with Crippen LogP contribution in [0.3, 0.4) is 0 Å². The van der Waals surface area contributed by atoms with Gasteiger partial charge < -0.3 is 10.2 Å². The SMILES string of the molecule is CCC1CCCCC1OCc1ccnc(NN)c1. The van der Waals surface area contributed by atoms with E-state index in [0.717, 1.165) is 11.5 Å². The summed E-state index contributed by atoms with van der Waals surface area (Å²) in [5.74, 6) is 6.76. The third-order valence-electron chi connectivity index (χ3n) is 3.80. The Balaban J connectivity index is 1.89. The maximum Gasteiger partial charge on any atom is 0.140 e. The number of rotatable bonds is 5. The highest BCUT2D eigenvalue weighted by molar-refractivity contribution is 5.35. The van der Waals surface area contributed by atoms with E-state index in [0.29, 0.717) is 18.5 Å². The molecule has 2 unspecified atom stereocenters. The average molecular weight is 249 g/mol. The molecule has 0 spiro atoms. The molecule has 0 amide bonds. The van der Waals surface area contributed by atoms with E-state index in [-0.39, 0.29) is 0 Å². The van der Waals surface area contributed by atoms with E-state index in [1.54, 1.807) is 6.20 Å². The predicted octanol–water partition coefficient (Wildman–Crippen LogP) is 2.85. The van der Waals surface area contributed by atoms with Gasteiger partial charge in [0, 0.05) is 6.20 Å². The van der Waals surface area contributed by atoms with E-state index in [4.69, 9.17) is 10.6 Å². The molecule has 1 fully saturated rings. The summed E-state index contributed by atoms with van der Waals surface area (Å²) in [5, 5.41) is 0. The zero-order chi connectivity index (χ0) is 12.8. The molecule has 4 heteroatoms. The second-order valence-electron chi connectivity index (χ2n) is 5.00. The predicted molar refractivity (Wildman–Crippen MR) is 72.9 cm³/mol. The summed E-state index contributed by atoms with van der Waals surface area (Å²) < 4.78 is 6.08. The van der Waals surface area contributed by atoms with Crippen molar-refractivity contribution in [2.24, 2.45) is 11.8 Å². The topological polar surface area (TPSA) is 60.2 Å². The fraction of sp³-hybridized carbons (Fsp3) is 0.643. The van der Waals surface area contributed by atoms with E-state index in [1.165, 1.54) is 32.1 Å². The van der Waals surface area contributed by atoms with Gasteiger partial charge in [-0.3, -0.25) is 0 Å². The van der Waals surface area contributed by atoms with Crippen molar-refractivity contribution in [2.45, 2.75) is 51.7 Å². The Labute approximate surface area is 109 Å². The highest BCUT2D eigenvalue weighted by atomic mass is 16.5. The number of nitrogens with two attached hydrogens (primary N) is 1. The van der Waals surface area contributed by atoms with Gasteiger partial charge in [0.2, 0.25) is 0 Å². The van der Waals surface area contributed by atoms with Crippen LogP contribution in [0.2, 0.25) is 0 Å². The van der Waals surface area contributed by atoms with Crippen LogP contribution in [0.15, 0.2) is 18.3 Å². The Bertz CT molecular complexity index is 370. The van der Waals surface area contributed by atoms with Crippen LogP contribution in [-0.4, -0.2) is 11.1 Å². The fourth-order valence-corrected chi connectivity index (χ4v) is 2.71. The monoisotopic (exact) mass is 249 g/mol. The number of hydrazine groups is 1. The number of nitrogens with zero attached hydrogens (tertiary/aromatic N) is 1. The lowest BCUT2D eigenvalue weighted by molar-refractivity contribution is -0.0221. The minimum atomic E-state index is 0.422. The molecule has 3 N–H and O–H groups in total. The summed E-state index contributed by atoms with van der Waals surface area (Å²) in [6.45, 7) is 2.91. The van der Waals surface area contributed by atoms with E-state index in [2.05, 4.69) is 17.3 Å². The van der Waals surface area contributed by atoms with Gasteiger partial charge in [-0.25, -0.2) is 10.8 Å². The van der Waals surface area contributed by atoms with Crippen molar-refractivity contribution in [3.05, 3.63) is 23.9 Å². The Kier molecular flexibility index (Phi) is 4.96. The van der Waals surface area contributed by atoms with Crippen molar-refractivity contribution >= 4 is 5.82 Å². The molecule has 1 aliphatic carbocycles. The molecule has 1 aromatic rings. The van der Waals surface area contributed by atoms with Crippen molar-refractivity contribution < 1.29 is 4.74 Å². The first kappa shape index (κ1) is 13.3. The van der Waals surface area contributed by atoms with Crippen LogP contribution in [0.25, 0.3) is 0 Å². The second kappa shape index (κ2) is 6.71. The van der Waals surface area contributed by atoms with Crippen LogP contribution >= 0.6 is 0 Å². The third-order valence-corrected chi connectivity index (χ3v) is 3.80. The highest BCUT2D eigenvalue weighted by Gasteiger charge is 2.24. The standard InChI is InChI=1S/C14H23N3O/c1-2-12-5-3-4-6-13(12)18-10-11-7-8-16-14(9-11)17-15/h7-9,12-13H,2-6,10,15H2,1H3,(H,16,17). The molecule has 1 saturated carbocycles. The molecule has 1 aromatic heterocycles. The first-order valence-corrected chi connectivity index (χ1v) is 6.86. The minimum absolute atomic E-state index is 0.422. The Morgan fingerprint density at radius 3 is 3.06 bits per heavy atom. The number of ether oxygens (including phenoxy) is 1. The summed E-state index contributed by atoms with van der Waals surface area (Å²) in [5.41, 5.74) is 3.68. The first-order chi connectivity index (χ1) is 8.83. The molecular formula is C14H23N3O. The molecular weight excluding hydrogens is 226 g/mol. The van der Waals surface area contributed by atoms with Crippen molar-refractivity contribution in [3.8, 4) is 0 Å². The van der Waals surface area contributed by atoms with E-state index in [9.17, 15) is 0 Å². The average Bonchev–Trinajstić information content (AvgIpc) is 2.45. The number of hydrogen-bond acceptors (Lipinski definition) is 4. The first-order valence-electron chi connectivity index (χ1n) is 6.86. The second-order valence-corrected chi connectivity index (χ2v) is 5.00. The number of nitrogen functional groups attached to an aromatic ring is 1. The fourth-order valence-electron chi connectivity index (χ4n) is 2.71. The number of pyridine rings is 1. The Morgan fingerprint density at radius 2 is 2.28 bits per heavy atom. The third kappa shape index (κ3) is 3.43. The maximum absolute atomic E-state index is 6.08. The molecule has 0 radical (unpaired) electrons. The molecule has 4 nitrogen and oxygen atoms in total. The molecule has 18 heavy (non-hydrogen) atoms. The number of nitrogens with one attached hydrogen (secondary N) is 1. The largest absolute Gasteiger partial charge is 0.373 e. The van der Waals surface area contributed by atoms with Gasteiger partial charge in [0.25, 0.3) is 0 Å². The molecule has 2 atom stereocenters. The maximum atomic E-state index is 6.08. The molecule has 100 valence electrons. The molecule has 1 heterocycles. The smallest absolute Gasteiger partial charge is 0.140 e. The summed E-state index contributed by atoms with van der Waals surface area (Å²) in [6.07, 6.45) is 8.56. The number of hydrogen-bond donors (Lipinski definition) is 2. The zero-order valence-electron chi connectivity index (χ0n) is 11.1. The van der Waals surface area contributed by atoms with E-state index >= 15 is 0 Å². The summed E-state index contributed by atoms with van der Waals surface area (Å²) in [7, 11) is 0. The van der Waals surface area contributed by atoms with Crippen molar-refractivity contribution in [3.63, 3.8) is 0 Å². The molecule has 0 saturated heterocycles. The van der Waals surface area contributed by atoms with Gasteiger partial charge in [0.1, 0.15) is 5.82 Å². The molecule has 0 bridgehead atoms. The van der Waals surface area contributed by atoms with Gasteiger partial charge in [0.15, 0.2) is 0 Å². The minimum Gasteiger partial charge on any atom is -0.373 e. The van der Waals surface area contributed by atoms with Crippen LogP contribution < -0.4 is 11.3 Å². The number of anilines is 1. The van der Waals surface area contributed by atoms with Crippen molar-refractivity contribution in [1.82, 2.24) is 4.98 Å². The molecule has 0 aliphatic heterocycles. The number of aromatic nitrogens is 1. The van der Waals surface area contributed by atoms with Gasteiger partial charge in [-0.2, -0.15) is 0 Å². The Morgan fingerprint density at radius 1 is 1.44 bits per heavy atom. The quantitative estimate of drug-likeness (QED) is 0.622. The van der Waals surface area contributed by atoms with Gasteiger partial charge in [-0.05, 0) is 36.5 Å². The van der Waals surface area contributed by atoms with Crippen LogP contribution in [-0.2, 0) is 11.3 Å². The summed E-state index contributed by atoms with van der Waals surface area (Å²) in [4.78, 5) is 4.09. The lowest BCUT2D eigenvalue weighted by Gasteiger charge is -2.30. The molecule has 2 rings (SSSR count). The molecule has 0 aromatic carbocycles. The highest BCUT2D eigenvalue weighted by Crippen LogP contribution is 2.29. The van der Waals surface area contributed by atoms with Crippen LogP contribution in [0, 0.1) is 5.92 Å². The lowest BCUT2D eigenvalue weighted by Crippen LogP contribution is -2.27. The normalized spacial score (nSPS) is 23.9. The van der Waals surface area contributed by atoms with Crippen molar-refractivity contribution in [2.75, 3.05) is 5.43 Å². The Hall–Kier alpha value is -1.13. The van der Waals surface area contributed by atoms with Crippen molar-refractivity contribution in [1.29, 1.82) is 0 Å². The van der Waals surface area contributed by atoms with Gasteiger partial charge in [0.05, 0.1) is 12.7 Å². The van der Waals surface area contributed by atoms with Gasteiger partial charge in [-0.1, -0.05) is 26.2 Å². The van der Waals surface area contributed by atoms with Crippen LogP contribution in [0.4, 0.5) is 5.82 Å². The summed E-state index contributed by atoms with van der Waals surface area (Å²) in [6, 6.07) is 3.91.